The van der Waals surface area contributed by atoms with Crippen LogP contribution in [0.4, 0.5) is 0 Å². The third kappa shape index (κ3) is 2.78. The molecule has 1 aliphatic heterocycles. The van der Waals surface area contributed by atoms with Gasteiger partial charge in [0.2, 0.25) is 0 Å². The summed E-state index contributed by atoms with van der Waals surface area (Å²) < 4.78 is 7.32. The number of hydrogen-bond acceptors (Lipinski definition) is 5. The van der Waals surface area contributed by atoms with Gasteiger partial charge in [-0.15, -0.1) is 10.2 Å². The number of carboxylic acid groups (broad SMARTS) is 1. The highest BCUT2D eigenvalue weighted by Gasteiger charge is 2.31. The lowest BCUT2D eigenvalue weighted by molar-refractivity contribution is -0.133. The van der Waals surface area contributed by atoms with E-state index in [0.29, 0.717) is 5.16 Å². The first-order valence-corrected chi connectivity index (χ1v) is 6.43. The quantitative estimate of drug-likeness (QED) is 0.810. The Labute approximate surface area is 103 Å². The van der Waals surface area contributed by atoms with Gasteiger partial charge in [-0.05, 0) is 19.8 Å². The number of aromatic nitrogens is 3. The number of ether oxygens (including phenoxy) is 1. The summed E-state index contributed by atoms with van der Waals surface area (Å²) in [4.78, 5) is 10.6. The van der Waals surface area contributed by atoms with Gasteiger partial charge in [-0.25, -0.2) is 0 Å². The third-order valence-corrected chi connectivity index (χ3v) is 3.92. The van der Waals surface area contributed by atoms with Crippen LogP contribution in [0.15, 0.2) is 11.5 Å². The zero-order valence-electron chi connectivity index (χ0n) is 9.63. The van der Waals surface area contributed by atoms with Crippen LogP contribution in [0.3, 0.4) is 0 Å². The van der Waals surface area contributed by atoms with Crippen molar-refractivity contribution in [3.8, 4) is 0 Å². The zero-order chi connectivity index (χ0) is 12.3. The van der Waals surface area contributed by atoms with E-state index in [1.54, 1.807) is 6.33 Å². The van der Waals surface area contributed by atoms with Crippen LogP contribution in [0.25, 0.3) is 0 Å². The standard InChI is InChI=1S/C10H15N3O3S/c1-10(2-4-16-5-3-10)13-7-11-12-9(13)17-6-8(14)15/h7H,2-6H2,1H3,(H,14,15). The molecule has 1 aliphatic rings. The summed E-state index contributed by atoms with van der Waals surface area (Å²) >= 11 is 1.20. The Morgan fingerprint density at radius 3 is 3.00 bits per heavy atom. The molecule has 0 bridgehead atoms. The Kier molecular flexibility index (Phi) is 3.68. The second kappa shape index (κ2) is 5.05. The summed E-state index contributed by atoms with van der Waals surface area (Å²) in [6.07, 6.45) is 3.47. The van der Waals surface area contributed by atoms with Crippen LogP contribution in [0.1, 0.15) is 19.8 Å². The van der Waals surface area contributed by atoms with Crippen molar-refractivity contribution in [1.82, 2.24) is 14.8 Å². The highest BCUT2D eigenvalue weighted by atomic mass is 32.2. The first-order valence-electron chi connectivity index (χ1n) is 5.45. The van der Waals surface area contributed by atoms with Gasteiger partial charge in [0.1, 0.15) is 6.33 Å². The van der Waals surface area contributed by atoms with E-state index in [1.165, 1.54) is 11.8 Å². The summed E-state index contributed by atoms with van der Waals surface area (Å²) in [7, 11) is 0. The van der Waals surface area contributed by atoms with Crippen LogP contribution in [0, 0.1) is 0 Å². The molecule has 0 aromatic carbocycles. The van der Waals surface area contributed by atoms with Crippen LogP contribution in [-0.2, 0) is 15.1 Å². The summed E-state index contributed by atoms with van der Waals surface area (Å²) in [6, 6.07) is 0. The van der Waals surface area contributed by atoms with Crippen molar-refractivity contribution in [3.63, 3.8) is 0 Å². The molecule has 1 N–H and O–H groups in total. The van der Waals surface area contributed by atoms with Crippen LogP contribution in [-0.4, -0.2) is 44.8 Å². The maximum Gasteiger partial charge on any atom is 0.313 e. The number of rotatable bonds is 4. The summed E-state index contributed by atoms with van der Waals surface area (Å²) in [5.74, 6) is -0.840. The molecule has 6 nitrogen and oxygen atoms in total. The summed E-state index contributed by atoms with van der Waals surface area (Å²) in [6.45, 7) is 3.57. The lowest BCUT2D eigenvalue weighted by Crippen LogP contribution is -2.36. The molecule has 0 radical (unpaired) electrons. The van der Waals surface area contributed by atoms with Gasteiger partial charge in [-0.3, -0.25) is 4.79 Å². The van der Waals surface area contributed by atoms with E-state index in [-0.39, 0.29) is 11.3 Å². The first-order chi connectivity index (χ1) is 8.12. The average Bonchev–Trinajstić information content (AvgIpc) is 2.76. The number of hydrogen-bond donors (Lipinski definition) is 1. The molecule has 94 valence electrons. The molecule has 0 unspecified atom stereocenters. The normalized spacial score (nSPS) is 19.1. The minimum atomic E-state index is -0.846. The summed E-state index contributed by atoms with van der Waals surface area (Å²) in [5.41, 5.74) is -0.0669. The largest absolute Gasteiger partial charge is 0.481 e. The number of carboxylic acids is 1. The van der Waals surface area contributed by atoms with Crippen LogP contribution in [0.2, 0.25) is 0 Å². The molecule has 0 saturated carbocycles. The molecule has 7 heteroatoms. The molecular formula is C10H15N3O3S. The Morgan fingerprint density at radius 1 is 1.65 bits per heavy atom. The molecule has 0 atom stereocenters. The molecule has 17 heavy (non-hydrogen) atoms. The smallest absolute Gasteiger partial charge is 0.313 e. The van der Waals surface area contributed by atoms with Gasteiger partial charge in [0, 0.05) is 18.8 Å². The SMILES string of the molecule is CC1(n2cnnc2SCC(=O)O)CCOCC1. The van der Waals surface area contributed by atoms with Gasteiger partial charge in [0.25, 0.3) is 0 Å². The van der Waals surface area contributed by atoms with E-state index < -0.39 is 5.97 Å². The lowest BCUT2D eigenvalue weighted by Gasteiger charge is -2.35. The average molecular weight is 257 g/mol. The van der Waals surface area contributed by atoms with Gasteiger partial charge in [-0.2, -0.15) is 0 Å². The van der Waals surface area contributed by atoms with Gasteiger partial charge in [0.05, 0.1) is 5.75 Å². The van der Waals surface area contributed by atoms with Crippen molar-refractivity contribution < 1.29 is 14.6 Å². The second-order valence-electron chi connectivity index (χ2n) is 4.28. The molecule has 1 saturated heterocycles. The van der Waals surface area contributed by atoms with E-state index in [4.69, 9.17) is 9.84 Å². The van der Waals surface area contributed by atoms with E-state index in [9.17, 15) is 4.79 Å². The zero-order valence-corrected chi connectivity index (χ0v) is 10.4. The molecule has 2 heterocycles. The van der Waals surface area contributed by atoms with E-state index >= 15 is 0 Å². The predicted octanol–water partition coefficient (Wildman–Crippen LogP) is 0.980. The minimum absolute atomic E-state index is 0.00523. The predicted molar refractivity (Wildman–Crippen MR) is 62.1 cm³/mol. The van der Waals surface area contributed by atoms with Crippen molar-refractivity contribution >= 4 is 17.7 Å². The molecular weight excluding hydrogens is 242 g/mol. The van der Waals surface area contributed by atoms with Crippen LogP contribution >= 0.6 is 11.8 Å². The van der Waals surface area contributed by atoms with Crippen molar-refractivity contribution in [2.45, 2.75) is 30.5 Å². The van der Waals surface area contributed by atoms with Gasteiger partial charge < -0.3 is 14.4 Å². The molecule has 1 fully saturated rings. The number of carbonyl (C=O) groups is 1. The number of thioether (sulfide) groups is 1. The molecule has 0 spiro atoms. The molecule has 1 aromatic heterocycles. The third-order valence-electron chi connectivity index (χ3n) is 2.99. The van der Waals surface area contributed by atoms with Crippen molar-refractivity contribution in [2.24, 2.45) is 0 Å². The fourth-order valence-corrected chi connectivity index (χ4v) is 2.64. The highest BCUT2D eigenvalue weighted by molar-refractivity contribution is 7.99. The Balaban J connectivity index is 2.14. The maximum atomic E-state index is 10.6. The Hall–Kier alpha value is -1.08. The molecule has 1 aromatic rings. The van der Waals surface area contributed by atoms with E-state index in [1.807, 2.05) is 4.57 Å². The number of nitrogens with zero attached hydrogens (tertiary/aromatic N) is 3. The Bertz CT molecular complexity index is 401. The van der Waals surface area contributed by atoms with Crippen molar-refractivity contribution in [2.75, 3.05) is 19.0 Å². The van der Waals surface area contributed by atoms with E-state index in [0.717, 1.165) is 26.1 Å². The number of aliphatic carboxylic acids is 1. The maximum absolute atomic E-state index is 10.6. The fourth-order valence-electron chi connectivity index (χ4n) is 1.87. The highest BCUT2D eigenvalue weighted by Crippen LogP contribution is 2.31. The van der Waals surface area contributed by atoms with Gasteiger partial charge in [-0.1, -0.05) is 11.8 Å². The second-order valence-corrected chi connectivity index (χ2v) is 5.22. The molecule has 2 rings (SSSR count). The van der Waals surface area contributed by atoms with Crippen molar-refractivity contribution in [1.29, 1.82) is 0 Å². The minimum Gasteiger partial charge on any atom is -0.481 e. The van der Waals surface area contributed by atoms with Crippen LogP contribution < -0.4 is 0 Å². The first kappa shape index (κ1) is 12.4. The molecule has 0 amide bonds. The van der Waals surface area contributed by atoms with Crippen molar-refractivity contribution in [3.05, 3.63) is 6.33 Å². The van der Waals surface area contributed by atoms with Gasteiger partial charge >= 0.3 is 5.97 Å². The topological polar surface area (TPSA) is 77.2 Å². The van der Waals surface area contributed by atoms with Gasteiger partial charge in [0.15, 0.2) is 5.16 Å². The fraction of sp³-hybridized carbons (Fsp3) is 0.700. The van der Waals surface area contributed by atoms with E-state index in [2.05, 4.69) is 17.1 Å². The monoisotopic (exact) mass is 257 g/mol. The lowest BCUT2D eigenvalue weighted by atomic mass is 9.92. The molecule has 0 aliphatic carbocycles. The Morgan fingerprint density at radius 2 is 2.35 bits per heavy atom. The summed E-state index contributed by atoms with van der Waals surface area (Å²) in [5, 5.41) is 17.2. The van der Waals surface area contributed by atoms with Crippen LogP contribution in [0.5, 0.6) is 0 Å².